The Bertz CT molecular complexity index is 3500. The second kappa shape index (κ2) is 15.7. The second-order valence-corrected chi connectivity index (χ2v) is 16.2. The van der Waals surface area contributed by atoms with Crippen molar-refractivity contribution in [1.82, 2.24) is 4.57 Å². The molecule has 4 nitrogen and oxygen atoms in total. The highest BCUT2D eigenvalue weighted by atomic mass is 16.3. The van der Waals surface area contributed by atoms with Gasteiger partial charge in [0.15, 0.2) is 0 Å². The van der Waals surface area contributed by atoms with Gasteiger partial charge in [-0.3, -0.25) is 0 Å². The molecule has 0 aliphatic carbocycles. The van der Waals surface area contributed by atoms with Crippen LogP contribution in [-0.2, 0) is 0 Å². The summed E-state index contributed by atoms with van der Waals surface area (Å²) in [5.74, 6) is 0. The van der Waals surface area contributed by atoms with Gasteiger partial charge in [0.1, 0.15) is 11.2 Å². The van der Waals surface area contributed by atoms with E-state index in [-0.39, 0.29) is 0 Å². The van der Waals surface area contributed by atoms with E-state index < -0.39 is 0 Å². The van der Waals surface area contributed by atoms with Crippen molar-refractivity contribution in [3.05, 3.63) is 249 Å². The van der Waals surface area contributed by atoms with Gasteiger partial charge in [0.05, 0.1) is 28.1 Å². The Morgan fingerprint density at radius 1 is 0.297 bits per heavy atom. The summed E-state index contributed by atoms with van der Waals surface area (Å²) in [6.07, 6.45) is 0. The number of fused-ring (bicyclic) bond motifs is 6. The van der Waals surface area contributed by atoms with Crippen molar-refractivity contribution < 1.29 is 4.42 Å². The fourth-order valence-corrected chi connectivity index (χ4v) is 9.41. The molecule has 0 N–H and O–H groups in total. The molecule has 10 aromatic carbocycles. The van der Waals surface area contributed by atoms with Crippen molar-refractivity contribution in [2.75, 3.05) is 9.80 Å². The largest absolute Gasteiger partial charge is 0.455 e. The highest BCUT2D eigenvalue weighted by Gasteiger charge is 2.22. The van der Waals surface area contributed by atoms with Crippen molar-refractivity contribution in [1.29, 1.82) is 0 Å². The minimum Gasteiger partial charge on any atom is -0.455 e. The highest BCUT2D eigenvalue weighted by Crippen LogP contribution is 2.45. The summed E-state index contributed by atoms with van der Waals surface area (Å²) in [7, 11) is 0. The van der Waals surface area contributed by atoms with Crippen LogP contribution >= 0.6 is 0 Å². The molecule has 64 heavy (non-hydrogen) atoms. The number of furan rings is 1. The maximum atomic E-state index is 6.50. The molecule has 12 rings (SSSR count). The molecule has 0 amide bonds. The van der Waals surface area contributed by atoms with Crippen LogP contribution in [0.3, 0.4) is 0 Å². The number of anilines is 6. The van der Waals surface area contributed by atoms with Crippen LogP contribution in [0.1, 0.15) is 0 Å². The van der Waals surface area contributed by atoms with E-state index in [0.29, 0.717) is 0 Å². The van der Waals surface area contributed by atoms with Crippen LogP contribution in [0.25, 0.3) is 71.7 Å². The van der Waals surface area contributed by atoms with Crippen LogP contribution in [0.4, 0.5) is 34.1 Å². The van der Waals surface area contributed by atoms with Crippen molar-refractivity contribution in [3.63, 3.8) is 0 Å². The van der Waals surface area contributed by atoms with Gasteiger partial charge in [-0.1, -0.05) is 164 Å². The number of rotatable bonds is 9. The topological polar surface area (TPSA) is 24.6 Å². The number of hydrogen-bond acceptors (Lipinski definition) is 3. The van der Waals surface area contributed by atoms with Gasteiger partial charge in [-0.2, -0.15) is 0 Å². The molecule has 4 heteroatoms. The molecule has 0 unspecified atom stereocenters. The first-order valence-electron chi connectivity index (χ1n) is 21.8. The minimum atomic E-state index is 0.894. The lowest BCUT2D eigenvalue weighted by molar-refractivity contribution is 0.670. The predicted octanol–water partition coefficient (Wildman–Crippen LogP) is 17.0. The van der Waals surface area contributed by atoms with E-state index in [9.17, 15) is 0 Å². The first-order chi connectivity index (χ1) is 31.7. The zero-order valence-electron chi connectivity index (χ0n) is 34.9. The first-order valence-corrected chi connectivity index (χ1v) is 21.8. The Hall–Kier alpha value is -8.60. The van der Waals surface area contributed by atoms with E-state index in [1.165, 1.54) is 16.3 Å². The number of para-hydroxylation sites is 6. The van der Waals surface area contributed by atoms with Gasteiger partial charge in [-0.25, -0.2) is 0 Å². The van der Waals surface area contributed by atoms with Crippen LogP contribution in [0, 0.1) is 0 Å². The first kappa shape index (κ1) is 37.2. The van der Waals surface area contributed by atoms with Crippen LogP contribution in [0.2, 0.25) is 0 Å². The summed E-state index contributed by atoms with van der Waals surface area (Å²) in [6.45, 7) is 0. The van der Waals surface area contributed by atoms with E-state index in [1.807, 2.05) is 12.1 Å². The maximum absolute atomic E-state index is 6.50. The van der Waals surface area contributed by atoms with E-state index >= 15 is 0 Å². The zero-order valence-corrected chi connectivity index (χ0v) is 34.9. The van der Waals surface area contributed by atoms with Crippen LogP contribution in [-0.4, -0.2) is 4.57 Å². The fraction of sp³-hybridized carbons (Fsp3) is 0. The molecule has 0 aliphatic heterocycles. The molecule has 0 saturated carbocycles. The second-order valence-electron chi connectivity index (χ2n) is 16.2. The lowest BCUT2D eigenvalue weighted by atomic mass is 10.0. The number of benzene rings is 10. The molecular formula is C60H41N3O. The summed E-state index contributed by atoms with van der Waals surface area (Å²) in [5.41, 5.74) is 15.9. The SMILES string of the molecule is c1ccc(-c2ccc(N(c3ccc(-c4cccc5c4oc4ccccc45)cc3)c3cc(N(c4ccccc4)c4ccccc4)cc(-n4c5ccccc5c5ccccc54)c3)cc2)cc1. The van der Waals surface area contributed by atoms with Gasteiger partial charge < -0.3 is 18.8 Å². The summed E-state index contributed by atoms with van der Waals surface area (Å²) in [4.78, 5) is 4.74. The number of hydrogen-bond donors (Lipinski definition) is 0. The number of aromatic nitrogens is 1. The van der Waals surface area contributed by atoms with E-state index in [0.717, 1.165) is 89.5 Å². The average molecular weight is 820 g/mol. The third kappa shape index (κ3) is 6.48. The summed E-state index contributed by atoms with van der Waals surface area (Å²) >= 11 is 0. The van der Waals surface area contributed by atoms with Crippen LogP contribution in [0.15, 0.2) is 253 Å². The minimum absolute atomic E-state index is 0.894. The average Bonchev–Trinajstić information content (AvgIpc) is 3.92. The zero-order chi connectivity index (χ0) is 42.4. The molecule has 0 aliphatic rings. The molecule has 2 aromatic heterocycles. The highest BCUT2D eigenvalue weighted by molar-refractivity contribution is 6.10. The monoisotopic (exact) mass is 819 g/mol. The van der Waals surface area contributed by atoms with E-state index in [2.05, 4.69) is 251 Å². The Labute approximate surface area is 371 Å². The molecule has 0 spiro atoms. The smallest absolute Gasteiger partial charge is 0.143 e. The third-order valence-corrected chi connectivity index (χ3v) is 12.3. The molecule has 2 heterocycles. The lowest BCUT2D eigenvalue weighted by Crippen LogP contribution is -2.14. The van der Waals surface area contributed by atoms with Gasteiger partial charge in [0.25, 0.3) is 0 Å². The van der Waals surface area contributed by atoms with E-state index in [4.69, 9.17) is 4.42 Å². The molecular weight excluding hydrogens is 779 g/mol. The third-order valence-electron chi connectivity index (χ3n) is 12.3. The Morgan fingerprint density at radius 2 is 0.734 bits per heavy atom. The van der Waals surface area contributed by atoms with Crippen LogP contribution < -0.4 is 9.80 Å². The van der Waals surface area contributed by atoms with Crippen molar-refractivity contribution >= 4 is 77.9 Å². The molecule has 12 aromatic rings. The predicted molar refractivity (Wildman–Crippen MR) is 268 cm³/mol. The molecule has 0 atom stereocenters. The molecule has 0 saturated heterocycles. The van der Waals surface area contributed by atoms with Crippen molar-refractivity contribution in [2.45, 2.75) is 0 Å². The lowest BCUT2D eigenvalue weighted by Gasteiger charge is -2.30. The fourth-order valence-electron chi connectivity index (χ4n) is 9.41. The van der Waals surface area contributed by atoms with Gasteiger partial charge >= 0.3 is 0 Å². The summed E-state index contributed by atoms with van der Waals surface area (Å²) in [6, 6.07) is 88.9. The van der Waals surface area contributed by atoms with E-state index in [1.54, 1.807) is 0 Å². The van der Waals surface area contributed by atoms with Gasteiger partial charge in [-0.05, 0) is 102 Å². The molecule has 302 valence electrons. The number of nitrogens with zero attached hydrogens (tertiary/aromatic N) is 3. The standard InChI is InChI=1S/C60H41N3O/c1-4-17-42(18-5-1)43-31-35-47(36-32-43)62(48-37-33-44(34-38-48)52-26-16-27-56-55-25-12-15-30-59(55)64-60(52)56)50-39-49(61(45-19-6-2-7-20-45)46-21-8-3-9-22-46)40-51(41-50)63-57-28-13-10-23-53(57)54-24-11-14-29-58(54)63/h1-41H. The molecule has 0 radical (unpaired) electrons. The maximum Gasteiger partial charge on any atom is 0.143 e. The molecule has 0 fully saturated rings. The van der Waals surface area contributed by atoms with Gasteiger partial charge in [0.2, 0.25) is 0 Å². The van der Waals surface area contributed by atoms with Crippen molar-refractivity contribution in [3.8, 4) is 27.9 Å². The quantitative estimate of drug-likeness (QED) is 0.145. The Morgan fingerprint density at radius 3 is 1.31 bits per heavy atom. The Balaban J connectivity index is 1.09. The summed E-state index contributed by atoms with van der Waals surface area (Å²) in [5, 5.41) is 4.68. The molecule has 0 bridgehead atoms. The van der Waals surface area contributed by atoms with Gasteiger partial charge in [0, 0.05) is 49.9 Å². The summed E-state index contributed by atoms with van der Waals surface area (Å²) < 4.78 is 8.92. The van der Waals surface area contributed by atoms with Crippen molar-refractivity contribution in [2.24, 2.45) is 0 Å². The Kier molecular flexibility index (Phi) is 9.12. The normalized spacial score (nSPS) is 11.4. The van der Waals surface area contributed by atoms with Gasteiger partial charge in [-0.15, -0.1) is 0 Å². The van der Waals surface area contributed by atoms with Crippen LogP contribution in [0.5, 0.6) is 0 Å².